The largest absolute Gasteiger partial charge is 0.462 e. The third kappa shape index (κ3) is 3.09. The van der Waals surface area contributed by atoms with Crippen molar-refractivity contribution in [2.24, 2.45) is 0 Å². The molecule has 1 saturated heterocycles. The summed E-state index contributed by atoms with van der Waals surface area (Å²) in [5.74, 6) is 0.367. The van der Waals surface area contributed by atoms with E-state index in [1.807, 2.05) is 0 Å². The van der Waals surface area contributed by atoms with Gasteiger partial charge in [-0.05, 0) is 17.7 Å². The minimum atomic E-state index is -1.47. The van der Waals surface area contributed by atoms with Crippen LogP contribution < -0.4 is 4.74 Å². The third-order valence-electron chi connectivity index (χ3n) is 3.21. The molecule has 2 rings (SSSR count). The summed E-state index contributed by atoms with van der Waals surface area (Å²) in [5.41, 5.74) is 0.700. The van der Waals surface area contributed by atoms with Crippen molar-refractivity contribution in [2.45, 2.75) is 37.3 Å². The lowest BCUT2D eigenvalue weighted by Gasteiger charge is -2.39. The van der Waals surface area contributed by atoms with Crippen LogP contribution in [0.25, 0.3) is 0 Å². The van der Waals surface area contributed by atoms with Crippen LogP contribution in [0, 0.1) is 0 Å². The molecule has 1 heterocycles. The van der Waals surface area contributed by atoms with Crippen LogP contribution in [0.2, 0.25) is 0 Å². The van der Waals surface area contributed by atoms with Crippen molar-refractivity contribution >= 4 is 0 Å². The minimum absolute atomic E-state index is 0.0969. The molecule has 0 bridgehead atoms. The highest BCUT2D eigenvalue weighted by Crippen LogP contribution is 2.24. The summed E-state index contributed by atoms with van der Waals surface area (Å²) >= 11 is 0. The molecular weight excluding hydrogens is 268 g/mol. The molecule has 1 aliphatic heterocycles. The zero-order valence-corrected chi connectivity index (χ0v) is 10.7. The van der Waals surface area contributed by atoms with Gasteiger partial charge in [-0.3, -0.25) is 0 Å². The zero-order valence-electron chi connectivity index (χ0n) is 10.7. The Balaban J connectivity index is 2.06. The number of aliphatic hydroxyl groups excluding tert-OH is 5. The van der Waals surface area contributed by atoms with Crippen molar-refractivity contribution in [1.29, 1.82) is 0 Å². The Morgan fingerprint density at radius 3 is 2.15 bits per heavy atom. The van der Waals surface area contributed by atoms with Crippen LogP contribution >= 0.6 is 0 Å². The van der Waals surface area contributed by atoms with Crippen LogP contribution in [-0.2, 0) is 11.3 Å². The molecule has 1 fully saturated rings. The highest BCUT2D eigenvalue weighted by Gasteiger charge is 2.44. The molecule has 1 aromatic rings. The van der Waals surface area contributed by atoms with Crippen molar-refractivity contribution < 1.29 is 35.0 Å². The van der Waals surface area contributed by atoms with Crippen molar-refractivity contribution in [3.63, 3.8) is 0 Å². The Morgan fingerprint density at radius 2 is 1.60 bits per heavy atom. The summed E-state index contributed by atoms with van der Waals surface area (Å²) in [6, 6.07) is 6.43. The molecular formula is C13H18O7. The lowest BCUT2D eigenvalue weighted by Crippen LogP contribution is -2.60. The van der Waals surface area contributed by atoms with Crippen molar-refractivity contribution in [3.05, 3.63) is 29.8 Å². The maximum atomic E-state index is 9.80. The lowest BCUT2D eigenvalue weighted by molar-refractivity contribution is -0.277. The summed E-state index contributed by atoms with van der Waals surface area (Å²) < 4.78 is 10.6. The predicted octanol–water partition coefficient (Wildman–Crippen LogP) is -1.64. The molecule has 1 aliphatic rings. The fourth-order valence-electron chi connectivity index (χ4n) is 1.97. The minimum Gasteiger partial charge on any atom is -0.462 e. The van der Waals surface area contributed by atoms with Crippen LogP contribution in [0.4, 0.5) is 0 Å². The van der Waals surface area contributed by atoms with Gasteiger partial charge in [-0.1, -0.05) is 12.1 Å². The number of ether oxygens (including phenoxy) is 2. The van der Waals surface area contributed by atoms with Gasteiger partial charge in [0.1, 0.15) is 30.2 Å². The molecule has 7 heteroatoms. The standard InChI is InChI=1S/C13H18O7/c14-5-7-1-3-8(4-2-7)19-13-12(18)11(17)10(16)9(6-15)20-13/h1-4,9-18H,5-6H2/t9-,10-,11+,12-,13+/m1/s1. The van der Waals surface area contributed by atoms with Crippen molar-refractivity contribution in [1.82, 2.24) is 0 Å². The first-order valence-electron chi connectivity index (χ1n) is 6.23. The monoisotopic (exact) mass is 286 g/mol. The van der Waals surface area contributed by atoms with Gasteiger partial charge in [0, 0.05) is 0 Å². The average molecular weight is 286 g/mol. The number of hydrogen-bond acceptors (Lipinski definition) is 7. The molecule has 112 valence electrons. The fraction of sp³-hybridized carbons (Fsp3) is 0.538. The van der Waals surface area contributed by atoms with Crippen LogP contribution in [0.5, 0.6) is 5.75 Å². The molecule has 5 atom stereocenters. The Hall–Kier alpha value is -1.22. The highest BCUT2D eigenvalue weighted by molar-refractivity contribution is 5.27. The van der Waals surface area contributed by atoms with Gasteiger partial charge < -0.3 is 35.0 Å². The molecule has 1 aromatic carbocycles. The molecule has 5 N–H and O–H groups in total. The molecule has 0 unspecified atom stereocenters. The van der Waals surface area contributed by atoms with Gasteiger partial charge in [-0.2, -0.15) is 0 Å². The van der Waals surface area contributed by atoms with Crippen LogP contribution in [-0.4, -0.2) is 62.8 Å². The maximum absolute atomic E-state index is 9.80. The molecule has 0 spiro atoms. The molecule has 20 heavy (non-hydrogen) atoms. The summed E-state index contributed by atoms with van der Waals surface area (Å²) in [4.78, 5) is 0. The number of hydrogen-bond donors (Lipinski definition) is 5. The van der Waals surface area contributed by atoms with E-state index in [1.54, 1.807) is 24.3 Å². The smallest absolute Gasteiger partial charge is 0.229 e. The van der Waals surface area contributed by atoms with Gasteiger partial charge in [0.2, 0.25) is 6.29 Å². The lowest BCUT2D eigenvalue weighted by atomic mass is 9.99. The summed E-state index contributed by atoms with van der Waals surface area (Å²) in [5, 5.41) is 47.0. The molecule has 0 saturated carbocycles. The Morgan fingerprint density at radius 1 is 0.950 bits per heavy atom. The molecule has 0 radical (unpaired) electrons. The quantitative estimate of drug-likeness (QED) is 0.450. The fourth-order valence-corrected chi connectivity index (χ4v) is 1.97. The second kappa shape index (κ2) is 6.49. The van der Waals surface area contributed by atoms with E-state index < -0.39 is 37.3 Å². The SMILES string of the molecule is OCc1ccc(O[C@H]2O[C@H](CO)[C@@H](O)[C@H](O)[C@H]2O)cc1. The van der Waals surface area contributed by atoms with Crippen LogP contribution in [0.15, 0.2) is 24.3 Å². The van der Waals surface area contributed by atoms with Crippen LogP contribution in [0.3, 0.4) is 0 Å². The van der Waals surface area contributed by atoms with E-state index in [0.29, 0.717) is 11.3 Å². The first-order valence-corrected chi connectivity index (χ1v) is 6.23. The van der Waals surface area contributed by atoms with Gasteiger partial charge in [0.15, 0.2) is 0 Å². The van der Waals surface area contributed by atoms with E-state index in [1.165, 1.54) is 0 Å². The molecule has 0 aliphatic carbocycles. The zero-order chi connectivity index (χ0) is 14.7. The van der Waals surface area contributed by atoms with Gasteiger partial charge in [-0.15, -0.1) is 0 Å². The third-order valence-corrected chi connectivity index (χ3v) is 3.21. The van der Waals surface area contributed by atoms with E-state index in [0.717, 1.165) is 0 Å². The van der Waals surface area contributed by atoms with Gasteiger partial charge in [-0.25, -0.2) is 0 Å². The Bertz CT molecular complexity index is 419. The van der Waals surface area contributed by atoms with Crippen LogP contribution in [0.1, 0.15) is 5.56 Å². The highest BCUT2D eigenvalue weighted by atomic mass is 16.7. The maximum Gasteiger partial charge on any atom is 0.229 e. The predicted molar refractivity (Wildman–Crippen MR) is 66.8 cm³/mol. The van der Waals surface area contributed by atoms with Gasteiger partial charge in [0.05, 0.1) is 13.2 Å². The number of rotatable bonds is 4. The van der Waals surface area contributed by atoms with E-state index >= 15 is 0 Å². The average Bonchev–Trinajstić information content (AvgIpc) is 2.48. The first kappa shape index (κ1) is 15.2. The molecule has 0 amide bonds. The second-order valence-electron chi connectivity index (χ2n) is 4.62. The second-order valence-corrected chi connectivity index (χ2v) is 4.62. The number of benzene rings is 1. The molecule has 0 aromatic heterocycles. The molecule has 7 nitrogen and oxygen atoms in total. The van der Waals surface area contributed by atoms with E-state index in [9.17, 15) is 15.3 Å². The first-order chi connectivity index (χ1) is 9.56. The Kier molecular flexibility index (Phi) is 4.92. The van der Waals surface area contributed by atoms with Crippen molar-refractivity contribution in [3.8, 4) is 5.75 Å². The summed E-state index contributed by atoms with van der Waals surface area (Å²) in [6.07, 6.45) is -6.53. The normalized spacial score (nSPS) is 34.0. The van der Waals surface area contributed by atoms with E-state index in [4.69, 9.17) is 19.7 Å². The van der Waals surface area contributed by atoms with E-state index in [-0.39, 0.29) is 6.61 Å². The summed E-state index contributed by atoms with van der Waals surface area (Å²) in [6.45, 7) is -0.603. The van der Waals surface area contributed by atoms with Gasteiger partial charge >= 0.3 is 0 Å². The van der Waals surface area contributed by atoms with Gasteiger partial charge in [0.25, 0.3) is 0 Å². The Labute approximate surface area is 115 Å². The summed E-state index contributed by atoms with van der Waals surface area (Å²) in [7, 11) is 0. The topological polar surface area (TPSA) is 120 Å². The number of aliphatic hydroxyl groups is 5. The van der Waals surface area contributed by atoms with E-state index in [2.05, 4.69) is 0 Å². The van der Waals surface area contributed by atoms with Crippen molar-refractivity contribution in [2.75, 3.05) is 6.61 Å².